The summed E-state index contributed by atoms with van der Waals surface area (Å²) < 4.78 is 26.0. The molecule has 0 unspecified atom stereocenters. The number of anilines is 1. The minimum atomic E-state index is -3.48. The van der Waals surface area contributed by atoms with Crippen LogP contribution in [0.1, 0.15) is 27.2 Å². The molecule has 1 aromatic carbocycles. The monoisotopic (exact) mass is 291 g/mol. The van der Waals surface area contributed by atoms with Gasteiger partial charge in [-0.05, 0) is 30.0 Å². The molecule has 102 valence electrons. The molecule has 0 amide bonds. The van der Waals surface area contributed by atoms with Gasteiger partial charge in [-0.25, -0.2) is 8.42 Å². The predicted octanol–water partition coefficient (Wildman–Crippen LogP) is 3.22. The fourth-order valence-corrected chi connectivity index (χ4v) is 2.90. The van der Waals surface area contributed by atoms with Gasteiger partial charge >= 0.3 is 0 Å². The highest BCUT2D eigenvalue weighted by atomic mass is 35.5. The molecule has 0 spiro atoms. The summed E-state index contributed by atoms with van der Waals surface area (Å²) in [6, 6.07) is 4.22. The lowest BCUT2D eigenvalue weighted by Crippen LogP contribution is -2.20. The molecule has 18 heavy (non-hydrogen) atoms. The molecule has 0 radical (unpaired) electrons. The maximum Gasteiger partial charge on any atom is 0.232 e. The summed E-state index contributed by atoms with van der Waals surface area (Å²) >= 11 is 5.75. The second-order valence-electron chi connectivity index (χ2n) is 5.39. The Kier molecular flexibility index (Phi) is 4.50. The number of nitrogens with one attached hydrogen (secondary N) is 1. The Hall–Kier alpha value is -0.940. The number of phenols is 1. The van der Waals surface area contributed by atoms with Crippen molar-refractivity contribution in [3.05, 3.63) is 23.2 Å². The van der Waals surface area contributed by atoms with E-state index in [4.69, 9.17) is 11.6 Å². The molecular weight excluding hydrogens is 274 g/mol. The maximum absolute atomic E-state index is 11.8. The van der Waals surface area contributed by atoms with Crippen LogP contribution < -0.4 is 4.72 Å². The van der Waals surface area contributed by atoms with Gasteiger partial charge in [-0.2, -0.15) is 0 Å². The topological polar surface area (TPSA) is 66.4 Å². The van der Waals surface area contributed by atoms with Crippen molar-refractivity contribution in [2.45, 2.75) is 27.2 Å². The summed E-state index contributed by atoms with van der Waals surface area (Å²) in [5.74, 6) is -0.138. The molecule has 1 aromatic rings. The van der Waals surface area contributed by atoms with E-state index in [0.717, 1.165) is 0 Å². The van der Waals surface area contributed by atoms with Crippen LogP contribution in [0.25, 0.3) is 0 Å². The van der Waals surface area contributed by atoms with Gasteiger partial charge in [-0.3, -0.25) is 4.72 Å². The van der Waals surface area contributed by atoms with E-state index in [1.807, 2.05) is 20.8 Å². The van der Waals surface area contributed by atoms with Crippen molar-refractivity contribution < 1.29 is 13.5 Å². The Bertz CT molecular complexity index is 521. The van der Waals surface area contributed by atoms with Crippen LogP contribution in [0.5, 0.6) is 5.75 Å². The number of sulfonamides is 1. The van der Waals surface area contributed by atoms with Crippen molar-refractivity contribution in [1.82, 2.24) is 0 Å². The number of benzene rings is 1. The smallest absolute Gasteiger partial charge is 0.232 e. The summed E-state index contributed by atoms with van der Waals surface area (Å²) in [5.41, 5.74) is 0.0434. The minimum Gasteiger partial charge on any atom is -0.506 e. The van der Waals surface area contributed by atoms with Gasteiger partial charge in [-0.1, -0.05) is 32.4 Å². The third-order valence-corrected chi connectivity index (χ3v) is 3.85. The van der Waals surface area contributed by atoms with Gasteiger partial charge in [0, 0.05) is 5.02 Å². The molecule has 2 N–H and O–H groups in total. The van der Waals surface area contributed by atoms with Crippen molar-refractivity contribution >= 4 is 27.3 Å². The van der Waals surface area contributed by atoms with Gasteiger partial charge < -0.3 is 5.11 Å². The van der Waals surface area contributed by atoms with Crippen molar-refractivity contribution in [3.8, 4) is 5.75 Å². The summed E-state index contributed by atoms with van der Waals surface area (Å²) in [4.78, 5) is 0. The number of hydrogen-bond donors (Lipinski definition) is 2. The second kappa shape index (κ2) is 5.36. The summed E-state index contributed by atoms with van der Waals surface area (Å²) in [7, 11) is -3.48. The molecule has 0 heterocycles. The average molecular weight is 292 g/mol. The van der Waals surface area contributed by atoms with E-state index < -0.39 is 10.0 Å². The fraction of sp³-hybridized carbons (Fsp3) is 0.500. The molecule has 0 saturated carbocycles. The zero-order chi connectivity index (χ0) is 14.0. The molecular formula is C12H18ClNO3S. The van der Waals surface area contributed by atoms with E-state index in [1.165, 1.54) is 18.2 Å². The summed E-state index contributed by atoms with van der Waals surface area (Å²) in [5, 5.41) is 9.90. The first-order valence-electron chi connectivity index (χ1n) is 5.58. The number of hydrogen-bond acceptors (Lipinski definition) is 3. The Morgan fingerprint density at radius 2 is 1.94 bits per heavy atom. The largest absolute Gasteiger partial charge is 0.506 e. The lowest BCUT2D eigenvalue weighted by atomic mass is 9.94. The Balaban J connectivity index is 2.80. The predicted molar refractivity (Wildman–Crippen MR) is 74.6 cm³/mol. The zero-order valence-corrected chi connectivity index (χ0v) is 12.3. The molecule has 4 nitrogen and oxygen atoms in total. The standard InChI is InChI=1S/C12H18ClNO3S/c1-12(2,3)6-7-18(16,17)14-10-8-9(13)4-5-11(10)15/h4-5,8,14-15H,6-7H2,1-3H3. The highest BCUT2D eigenvalue weighted by molar-refractivity contribution is 7.92. The van der Waals surface area contributed by atoms with Crippen LogP contribution in [0.2, 0.25) is 5.02 Å². The van der Waals surface area contributed by atoms with Crippen LogP contribution in [0, 0.1) is 5.41 Å². The molecule has 0 aliphatic heterocycles. The van der Waals surface area contributed by atoms with Gasteiger partial charge in [0.2, 0.25) is 10.0 Å². The van der Waals surface area contributed by atoms with Crippen molar-refractivity contribution in [3.63, 3.8) is 0 Å². The quantitative estimate of drug-likeness (QED) is 0.837. The first-order chi connectivity index (χ1) is 8.09. The third kappa shape index (κ3) is 5.14. The van der Waals surface area contributed by atoms with E-state index >= 15 is 0 Å². The van der Waals surface area contributed by atoms with Crippen LogP contribution in [0.15, 0.2) is 18.2 Å². The van der Waals surface area contributed by atoms with Crippen LogP contribution in [-0.2, 0) is 10.0 Å². The highest BCUT2D eigenvalue weighted by Crippen LogP contribution is 2.28. The molecule has 0 bridgehead atoms. The van der Waals surface area contributed by atoms with Crippen molar-refractivity contribution in [1.29, 1.82) is 0 Å². The second-order valence-corrected chi connectivity index (χ2v) is 7.67. The zero-order valence-electron chi connectivity index (χ0n) is 10.7. The van der Waals surface area contributed by atoms with Gasteiger partial charge in [0.15, 0.2) is 0 Å². The SMILES string of the molecule is CC(C)(C)CCS(=O)(=O)Nc1cc(Cl)ccc1O. The van der Waals surface area contributed by atoms with E-state index in [1.54, 1.807) is 0 Å². The molecule has 0 saturated heterocycles. The molecule has 0 aliphatic carbocycles. The van der Waals surface area contributed by atoms with Gasteiger partial charge in [0.1, 0.15) is 5.75 Å². The lowest BCUT2D eigenvalue weighted by Gasteiger charge is -2.18. The molecule has 1 rings (SSSR count). The third-order valence-electron chi connectivity index (χ3n) is 2.34. The summed E-state index contributed by atoms with van der Waals surface area (Å²) in [6.07, 6.45) is 0.531. The van der Waals surface area contributed by atoms with Crippen LogP contribution in [0.4, 0.5) is 5.69 Å². The maximum atomic E-state index is 11.8. The Morgan fingerprint density at radius 3 is 2.50 bits per heavy atom. The molecule has 0 aromatic heterocycles. The number of halogens is 1. The average Bonchev–Trinajstić information content (AvgIpc) is 2.20. The molecule has 0 aliphatic rings. The number of aromatic hydroxyl groups is 1. The Morgan fingerprint density at radius 1 is 1.33 bits per heavy atom. The first-order valence-corrected chi connectivity index (χ1v) is 7.61. The van der Waals surface area contributed by atoms with Crippen molar-refractivity contribution in [2.75, 3.05) is 10.5 Å². The minimum absolute atomic E-state index is 0.00243. The van der Waals surface area contributed by atoms with Crippen LogP contribution in [0.3, 0.4) is 0 Å². The number of phenolic OH excluding ortho intramolecular Hbond substituents is 1. The highest BCUT2D eigenvalue weighted by Gasteiger charge is 2.18. The first kappa shape index (κ1) is 15.1. The van der Waals surface area contributed by atoms with E-state index in [0.29, 0.717) is 11.4 Å². The molecule has 0 atom stereocenters. The summed E-state index contributed by atoms with van der Waals surface area (Å²) in [6.45, 7) is 5.91. The number of rotatable bonds is 4. The van der Waals surface area contributed by atoms with Gasteiger partial charge in [-0.15, -0.1) is 0 Å². The van der Waals surface area contributed by atoms with Gasteiger partial charge in [0.05, 0.1) is 11.4 Å². The molecule has 0 fully saturated rings. The van der Waals surface area contributed by atoms with Crippen LogP contribution in [-0.4, -0.2) is 19.3 Å². The van der Waals surface area contributed by atoms with Crippen molar-refractivity contribution in [2.24, 2.45) is 5.41 Å². The van der Waals surface area contributed by atoms with Crippen LogP contribution >= 0.6 is 11.6 Å². The lowest BCUT2D eigenvalue weighted by molar-refractivity contribution is 0.397. The van der Waals surface area contributed by atoms with E-state index in [2.05, 4.69) is 4.72 Å². The van der Waals surface area contributed by atoms with E-state index in [9.17, 15) is 13.5 Å². The van der Waals surface area contributed by atoms with E-state index in [-0.39, 0.29) is 22.6 Å². The van der Waals surface area contributed by atoms with Gasteiger partial charge in [0.25, 0.3) is 0 Å². The fourth-order valence-electron chi connectivity index (χ4n) is 1.25. The Labute approximate surface area is 113 Å². The normalized spacial score (nSPS) is 12.4. The molecule has 6 heteroatoms.